The van der Waals surface area contributed by atoms with Crippen LogP contribution in [-0.2, 0) is 0 Å². The van der Waals surface area contributed by atoms with Gasteiger partial charge in [-0.25, -0.2) is 4.39 Å². The van der Waals surface area contributed by atoms with E-state index >= 15 is 0 Å². The molecule has 2 N–H and O–H groups in total. The lowest BCUT2D eigenvalue weighted by Crippen LogP contribution is -2.18. The van der Waals surface area contributed by atoms with Gasteiger partial charge in [0.1, 0.15) is 17.3 Å². The number of hydrogen-bond donors (Lipinski definition) is 2. The summed E-state index contributed by atoms with van der Waals surface area (Å²) in [4.78, 5) is 12.2. The van der Waals surface area contributed by atoms with Crippen molar-refractivity contribution in [3.05, 3.63) is 46.4 Å². The number of benzene rings is 1. The monoisotopic (exact) mass is 340 g/mol. The zero-order valence-electron chi connectivity index (χ0n) is 11.0. The Kier molecular flexibility index (Phi) is 4.13. The number of hydrogen-bond acceptors (Lipinski definition) is 2. The van der Waals surface area contributed by atoms with Crippen LogP contribution in [0.1, 0.15) is 30.4 Å². The maximum atomic E-state index is 13.6. The van der Waals surface area contributed by atoms with Crippen LogP contribution in [0.2, 0.25) is 0 Å². The maximum absolute atomic E-state index is 13.6. The SMILES string of the molecule is CC(C)n1cc(Br)cc1C(=O)Nc1ccc(O)cc1F. The summed E-state index contributed by atoms with van der Waals surface area (Å²) in [5.74, 6) is -1.28. The second-order valence-corrected chi connectivity index (χ2v) is 5.58. The summed E-state index contributed by atoms with van der Waals surface area (Å²) >= 11 is 3.32. The number of aromatic nitrogens is 1. The zero-order valence-corrected chi connectivity index (χ0v) is 12.6. The highest BCUT2D eigenvalue weighted by atomic mass is 79.9. The van der Waals surface area contributed by atoms with E-state index in [4.69, 9.17) is 5.11 Å². The summed E-state index contributed by atoms with van der Waals surface area (Å²) in [5.41, 5.74) is 0.458. The molecule has 0 saturated carbocycles. The minimum Gasteiger partial charge on any atom is -0.508 e. The molecule has 0 radical (unpaired) electrons. The van der Waals surface area contributed by atoms with Crippen molar-refractivity contribution in [1.29, 1.82) is 0 Å². The van der Waals surface area contributed by atoms with Crippen molar-refractivity contribution in [2.24, 2.45) is 0 Å². The highest BCUT2D eigenvalue weighted by Crippen LogP contribution is 2.23. The predicted molar refractivity (Wildman–Crippen MR) is 78.5 cm³/mol. The van der Waals surface area contributed by atoms with Gasteiger partial charge in [0, 0.05) is 22.8 Å². The molecular weight excluding hydrogens is 327 g/mol. The van der Waals surface area contributed by atoms with Gasteiger partial charge in [-0.15, -0.1) is 0 Å². The second kappa shape index (κ2) is 5.66. The molecule has 2 rings (SSSR count). The molecule has 2 aromatic rings. The standard InChI is InChI=1S/C14H14BrFN2O2/c1-8(2)18-7-9(15)5-13(18)14(20)17-12-4-3-10(19)6-11(12)16/h3-8,19H,1-2H3,(H,17,20). The highest BCUT2D eigenvalue weighted by molar-refractivity contribution is 9.10. The minimum absolute atomic E-state index is 0.0282. The number of carbonyl (C=O) groups excluding carboxylic acids is 1. The number of amides is 1. The normalized spacial score (nSPS) is 10.8. The first-order chi connectivity index (χ1) is 9.38. The molecule has 6 heteroatoms. The first-order valence-electron chi connectivity index (χ1n) is 6.05. The highest BCUT2D eigenvalue weighted by Gasteiger charge is 2.16. The van der Waals surface area contributed by atoms with Gasteiger partial charge >= 0.3 is 0 Å². The molecule has 20 heavy (non-hydrogen) atoms. The maximum Gasteiger partial charge on any atom is 0.272 e. The quantitative estimate of drug-likeness (QED) is 0.831. The molecule has 1 aromatic heterocycles. The average Bonchev–Trinajstić information content (AvgIpc) is 2.75. The van der Waals surface area contributed by atoms with E-state index in [0.717, 1.165) is 10.5 Å². The van der Waals surface area contributed by atoms with E-state index in [0.29, 0.717) is 5.69 Å². The van der Waals surface area contributed by atoms with Crippen molar-refractivity contribution in [2.45, 2.75) is 19.9 Å². The lowest BCUT2D eigenvalue weighted by molar-refractivity contribution is 0.101. The third-order valence-corrected chi connectivity index (χ3v) is 3.24. The number of carbonyl (C=O) groups is 1. The summed E-state index contributed by atoms with van der Waals surface area (Å²) < 4.78 is 16.2. The number of anilines is 1. The van der Waals surface area contributed by atoms with Gasteiger partial charge in [0.25, 0.3) is 5.91 Å². The Bertz CT molecular complexity index is 653. The fraction of sp³-hybridized carbons (Fsp3) is 0.214. The fourth-order valence-electron chi connectivity index (χ4n) is 1.85. The van der Waals surface area contributed by atoms with Crippen molar-refractivity contribution in [1.82, 2.24) is 4.57 Å². The third-order valence-electron chi connectivity index (χ3n) is 2.81. The van der Waals surface area contributed by atoms with Crippen molar-refractivity contribution in [3.63, 3.8) is 0 Å². The van der Waals surface area contributed by atoms with Gasteiger partial charge in [-0.05, 0) is 48.0 Å². The van der Waals surface area contributed by atoms with Crippen LogP contribution in [0.25, 0.3) is 0 Å². The van der Waals surface area contributed by atoms with E-state index in [-0.39, 0.29) is 17.5 Å². The van der Waals surface area contributed by atoms with Gasteiger partial charge in [-0.3, -0.25) is 4.79 Å². The molecule has 0 spiro atoms. The van der Waals surface area contributed by atoms with Gasteiger partial charge in [0.05, 0.1) is 5.69 Å². The Hall–Kier alpha value is -1.82. The first kappa shape index (κ1) is 14.6. The van der Waals surface area contributed by atoms with Crippen LogP contribution in [0.3, 0.4) is 0 Å². The fourth-order valence-corrected chi connectivity index (χ4v) is 2.28. The Morgan fingerprint density at radius 1 is 1.40 bits per heavy atom. The molecule has 0 unspecified atom stereocenters. The van der Waals surface area contributed by atoms with Gasteiger partial charge in [0.15, 0.2) is 0 Å². The molecule has 0 aliphatic carbocycles. The van der Waals surface area contributed by atoms with Gasteiger partial charge in [-0.1, -0.05) is 0 Å². The summed E-state index contributed by atoms with van der Waals surface area (Å²) in [6.07, 6.45) is 1.80. The smallest absolute Gasteiger partial charge is 0.272 e. The van der Waals surface area contributed by atoms with Gasteiger partial charge in [0.2, 0.25) is 0 Å². The van der Waals surface area contributed by atoms with Crippen molar-refractivity contribution >= 4 is 27.5 Å². The van der Waals surface area contributed by atoms with Crippen LogP contribution in [-0.4, -0.2) is 15.6 Å². The van der Waals surface area contributed by atoms with Crippen LogP contribution in [0.4, 0.5) is 10.1 Å². The Morgan fingerprint density at radius 2 is 2.10 bits per heavy atom. The van der Waals surface area contributed by atoms with Crippen LogP contribution >= 0.6 is 15.9 Å². The summed E-state index contributed by atoms with van der Waals surface area (Å²) in [5, 5.41) is 11.6. The first-order valence-corrected chi connectivity index (χ1v) is 6.85. The van der Waals surface area contributed by atoms with Crippen LogP contribution in [0.15, 0.2) is 34.9 Å². The molecule has 0 fully saturated rings. The molecule has 0 aliphatic heterocycles. The lowest BCUT2D eigenvalue weighted by atomic mass is 10.2. The molecule has 106 valence electrons. The van der Waals surface area contributed by atoms with Crippen LogP contribution < -0.4 is 5.32 Å². The molecular formula is C14H14BrFN2O2. The summed E-state index contributed by atoms with van der Waals surface area (Å²) in [6.45, 7) is 3.90. The van der Waals surface area contributed by atoms with E-state index in [9.17, 15) is 9.18 Å². The van der Waals surface area contributed by atoms with E-state index in [1.807, 2.05) is 13.8 Å². The molecule has 0 aliphatic rings. The van der Waals surface area contributed by atoms with E-state index < -0.39 is 11.7 Å². The number of phenols is 1. The molecule has 1 heterocycles. The van der Waals surface area contributed by atoms with E-state index in [2.05, 4.69) is 21.2 Å². The Balaban J connectivity index is 2.28. The summed E-state index contributed by atoms with van der Waals surface area (Å²) in [7, 11) is 0. The van der Waals surface area contributed by atoms with E-state index in [1.165, 1.54) is 12.1 Å². The molecule has 4 nitrogen and oxygen atoms in total. The van der Waals surface area contributed by atoms with Crippen LogP contribution in [0.5, 0.6) is 5.75 Å². The van der Waals surface area contributed by atoms with Crippen LogP contribution in [0, 0.1) is 5.82 Å². The number of aromatic hydroxyl groups is 1. The average molecular weight is 341 g/mol. The number of nitrogens with one attached hydrogen (secondary N) is 1. The second-order valence-electron chi connectivity index (χ2n) is 4.66. The molecule has 0 bridgehead atoms. The Labute approximate surface area is 124 Å². The predicted octanol–water partition coefficient (Wildman–Crippen LogP) is 3.93. The van der Waals surface area contributed by atoms with Gasteiger partial charge in [-0.2, -0.15) is 0 Å². The van der Waals surface area contributed by atoms with E-state index in [1.54, 1.807) is 16.8 Å². The van der Waals surface area contributed by atoms with Crippen molar-refractivity contribution in [3.8, 4) is 5.75 Å². The number of nitrogens with zero attached hydrogens (tertiary/aromatic N) is 1. The largest absolute Gasteiger partial charge is 0.508 e. The zero-order chi connectivity index (χ0) is 14.9. The summed E-state index contributed by atoms with van der Waals surface area (Å²) in [6, 6.07) is 5.36. The van der Waals surface area contributed by atoms with Gasteiger partial charge < -0.3 is 15.0 Å². The number of phenolic OH excluding ortho intramolecular Hbond substituents is 1. The molecule has 0 atom stereocenters. The van der Waals surface area contributed by atoms with Crippen molar-refractivity contribution in [2.75, 3.05) is 5.32 Å². The molecule has 1 aromatic carbocycles. The number of halogens is 2. The molecule has 1 amide bonds. The topological polar surface area (TPSA) is 54.3 Å². The Morgan fingerprint density at radius 3 is 2.70 bits per heavy atom. The number of rotatable bonds is 3. The van der Waals surface area contributed by atoms with Crippen molar-refractivity contribution < 1.29 is 14.3 Å². The lowest BCUT2D eigenvalue weighted by Gasteiger charge is -2.13. The minimum atomic E-state index is -0.680. The third kappa shape index (κ3) is 3.01. The molecule has 0 saturated heterocycles.